The number of hydrogen-bond acceptors (Lipinski definition) is 2. The van der Waals surface area contributed by atoms with Crippen LogP contribution in [0.3, 0.4) is 0 Å². The molecule has 0 saturated heterocycles. The van der Waals surface area contributed by atoms with Crippen LogP contribution in [0.4, 0.5) is 0 Å². The van der Waals surface area contributed by atoms with Crippen LogP contribution in [0, 0.1) is 0 Å². The van der Waals surface area contributed by atoms with Crippen molar-refractivity contribution in [2.75, 3.05) is 0 Å². The van der Waals surface area contributed by atoms with Gasteiger partial charge in [-0.3, -0.25) is 4.98 Å². The summed E-state index contributed by atoms with van der Waals surface area (Å²) in [7, 11) is 0. The van der Waals surface area contributed by atoms with Crippen molar-refractivity contribution in [2.45, 2.75) is 25.4 Å². The van der Waals surface area contributed by atoms with Gasteiger partial charge in [-0.15, -0.1) is 0 Å². The number of nitrogens with one attached hydrogen (secondary N) is 2. The maximum absolute atomic E-state index is 4.12. The third-order valence-electron chi connectivity index (χ3n) is 4.14. The van der Waals surface area contributed by atoms with E-state index in [2.05, 4.69) is 58.6 Å². The molecule has 100 valence electrons. The van der Waals surface area contributed by atoms with E-state index in [9.17, 15) is 0 Å². The first kappa shape index (κ1) is 11.7. The number of benzene rings is 1. The Labute approximate surface area is 118 Å². The number of H-pyrrole nitrogens is 1. The molecule has 0 fully saturated rings. The molecule has 0 aliphatic carbocycles. The molecule has 3 heteroatoms. The van der Waals surface area contributed by atoms with Crippen molar-refractivity contribution in [1.82, 2.24) is 15.3 Å². The van der Waals surface area contributed by atoms with Crippen LogP contribution in [0.15, 0.2) is 48.8 Å². The topological polar surface area (TPSA) is 40.7 Å². The Balaban J connectivity index is 1.92. The Kier molecular flexibility index (Phi) is 2.60. The first-order chi connectivity index (χ1) is 9.83. The van der Waals surface area contributed by atoms with E-state index in [0.717, 1.165) is 6.42 Å². The zero-order chi connectivity index (χ0) is 13.5. The highest BCUT2D eigenvalue weighted by Gasteiger charge is 2.28. The highest BCUT2D eigenvalue weighted by atomic mass is 15.0. The number of nitrogens with zero attached hydrogens (tertiary/aromatic N) is 1. The normalized spacial score (nSPS) is 21.9. The van der Waals surface area contributed by atoms with Crippen LogP contribution in [0.2, 0.25) is 0 Å². The lowest BCUT2D eigenvalue weighted by atomic mass is 9.91. The molecule has 1 aliphatic rings. The Morgan fingerprint density at radius 1 is 1.10 bits per heavy atom. The first-order valence-electron chi connectivity index (χ1n) is 7.08. The average molecular weight is 263 g/mol. The smallest absolute Gasteiger partial charge is 0.0735 e. The summed E-state index contributed by atoms with van der Waals surface area (Å²) in [5.74, 6) is 0. The van der Waals surface area contributed by atoms with E-state index in [-0.39, 0.29) is 6.04 Å². The van der Waals surface area contributed by atoms with E-state index in [0.29, 0.717) is 6.04 Å². The lowest BCUT2D eigenvalue weighted by Crippen LogP contribution is -2.37. The van der Waals surface area contributed by atoms with Crippen LogP contribution in [0.25, 0.3) is 10.9 Å². The minimum absolute atomic E-state index is 0.226. The number of aromatic nitrogens is 2. The van der Waals surface area contributed by atoms with Crippen molar-refractivity contribution in [3.8, 4) is 0 Å². The Morgan fingerprint density at radius 3 is 2.75 bits per heavy atom. The number of para-hydroxylation sites is 1. The third-order valence-corrected chi connectivity index (χ3v) is 4.14. The van der Waals surface area contributed by atoms with Gasteiger partial charge < -0.3 is 10.3 Å². The molecule has 0 spiro atoms. The second-order valence-electron chi connectivity index (χ2n) is 5.55. The summed E-state index contributed by atoms with van der Waals surface area (Å²) in [5, 5.41) is 5.05. The largest absolute Gasteiger partial charge is 0.357 e. The van der Waals surface area contributed by atoms with Gasteiger partial charge in [0.1, 0.15) is 0 Å². The minimum Gasteiger partial charge on any atom is -0.357 e. The molecule has 3 nitrogen and oxygen atoms in total. The second kappa shape index (κ2) is 4.46. The van der Waals surface area contributed by atoms with Crippen LogP contribution in [-0.2, 0) is 6.42 Å². The van der Waals surface area contributed by atoms with Gasteiger partial charge in [-0.1, -0.05) is 18.2 Å². The van der Waals surface area contributed by atoms with Crippen molar-refractivity contribution < 1.29 is 0 Å². The highest BCUT2D eigenvalue weighted by Crippen LogP contribution is 2.34. The molecule has 2 N–H and O–H groups in total. The van der Waals surface area contributed by atoms with Crippen molar-refractivity contribution in [1.29, 1.82) is 0 Å². The highest BCUT2D eigenvalue weighted by molar-refractivity contribution is 5.85. The maximum Gasteiger partial charge on any atom is 0.0735 e. The molecule has 1 aromatic carbocycles. The first-order valence-corrected chi connectivity index (χ1v) is 7.08. The molecule has 0 saturated carbocycles. The summed E-state index contributed by atoms with van der Waals surface area (Å²) in [6, 6.07) is 13.4. The fourth-order valence-electron chi connectivity index (χ4n) is 3.24. The molecule has 20 heavy (non-hydrogen) atoms. The van der Waals surface area contributed by atoms with E-state index >= 15 is 0 Å². The monoisotopic (exact) mass is 263 g/mol. The van der Waals surface area contributed by atoms with Crippen LogP contribution >= 0.6 is 0 Å². The second-order valence-corrected chi connectivity index (χ2v) is 5.55. The molecule has 3 aromatic rings. The van der Waals surface area contributed by atoms with E-state index in [1.54, 1.807) is 0 Å². The van der Waals surface area contributed by atoms with Gasteiger partial charge in [-0.25, -0.2) is 0 Å². The van der Waals surface area contributed by atoms with Gasteiger partial charge in [-0.05, 0) is 42.7 Å². The molecule has 2 aromatic heterocycles. The summed E-state index contributed by atoms with van der Waals surface area (Å²) in [6.07, 6.45) is 4.79. The quantitative estimate of drug-likeness (QED) is 0.708. The van der Waals surface area contributed by atoms with Crippen LogP contribution < -0.4 is 5.32 Å². The fraction of sp³-hybridized carbons (Fsp3) is 0.235. The van der Waals surface area contributed by atoms with Gasteiger partial charge in [0.25, 0.3) is 0 Å². The van der Waals surface area contributed by atoms with Gasteiger partial charge in [0.05, 0.1) is 6.04 Å². The molecule has 3 heterocycles. The molecular weight excluding hydrogens is 246 g/mol. The van der Waals surface area contributed by atoms with Crippen molar-refractivity contribution in [3.05, 3.63) is 65.6 Å². The summed E-state index contributed by atoms with van der Waals surface area (Å²) in [6.45, 7) is 2.25. The van der Waals surface area contributed by atoms with Crippen molar-refractivity contribution >= 4 is 10.9 Å². The van der Waals surface area contributed by atoms with E-state index in [1.165, 1.54) is 27.7 Å². The SMILES string of the molecule is C[C@H]1Cc2c([nH]c3ccccc23)C(c2ccncc2)N1. The Hall–Kier alpha value is -2.13. The molecule has 0 amide bonds. The Bertz CT molecular complexity index is 745. The van der Waals surface area contributed by atoms with E-state index < -0.39 is 0 Å². The third kappa shape index (κ3) is 1.74. The van der Waals surface area contributed by atoms with Crippen molar-refractivity contribution in [2.24, 2.45) is 0 Å². The summed E-state index contributed by atoms with van der Waals surface area (Å²) in [4.78, 5) is 7.72. The molecule has 0 bridgehead atoms. The number of rotatable bonds is 1. The van der Waals surface area contributed by atoms with E-state index in [4.69, 9.17) is 0 Å². The molecule has 2 atom stereocenters. The zero-order valence-electron chi connectivity index (χ0n) is 11.4. The Morgan fingerprint density at radius 2 is 1.90 bits per heavy atom. The van der Waals surface area contributed by atoms with Gasteiger partial charge in [0.15, 0.2) is 0 Å². The van der Waals surface area contributed by atoms with Gasteiger partial charge in [0.2, 0.25) is 0 Å². The average Bonchev–Trinajstić information content (AvgIpc) is 2.86. The van der Waals surface area contributed by atoms with Crippen LogP contribution in [0.5, 0.6) is 0 Å². The van der Waals surface area contributed by atoms with Crippen LogP contribution in [-0.4, -0.2) is 16.0 Å². The fourth-order valence-corrected chi connectivity index (χ4v) is 3.24. The standard InChI is InChI=1S/C17H17N3/c1-11-10-14-13-4-2-3-5-15(13)20-17(14)16(19-11)12-6-8-18-9-7-12/h2-9,11,16,19-20H,10H2,1H3/t11-,16?/m0/s1. The number of hydrogen-bond donors (Lipinski definition) is 2. The summed E-state index contributed by atoms with van der Waals surface area (Å²) in [5.41, 5.74) is 5.25. The van der Waals surface area contributed by atoms with Crippen molar-refractivity contribution in [3.63, 3.8) is 0 Å². The predicted octanol–water partition coefficient (Wildman–Crippen LogP) is 3.19. The molecular formula is C17H17N3. The van der Waals surface area contributed by atoms with Gasteiger partial charge >= 0.3 is 0 Å². The minimum atomic E-state index is 0.226. The van der Waals surface area contributed by atoms with Gasteiger partial charge in [-0.2, -0.15) is 0 Å². The number of pyridine rings is 1. The molecule has 1 unspecified atom stereocenters. The number of aromatic amines is 1. The lowest BCUT2D eigenvalue weighted by molar-refractivity contribution is 0.460. The van der Waals surface area contributed by atoms with Crippen LogP contribution in [0.1, 0.15) is 29.8 Å². The molecule has 1 aliphatic heterocycles. The predicted molar refractivity (Wildman–Crippen MR) is 80.7 cm³/mol. The van der Waals surface area contributed by atoms with Gasteiger partial charge in [0, 0.05) is 35.0 Å². The number of fused-ring (bicyclic) bond motifs is 3. The summed E-state index contributed by atoms with van der Waals surface area (Å²) >= 11 is 0. The summed E-state index contributed by atoms with van der Waals surface area (Å²) < 4.78 is 0. The zero-order valence-corrected chi connectivity index (χ0v) is 11.4. The maximum atomic E-state index is 4.12. The lowest BCUT2D eigenvalue weighted by Gasteiger charge is -2.29. The molecule has 0 radical (unpaired) electrons. The van der Waals surface area contributed by atoms with E-state index in [1.807, 2.05) is 12.4 Å². The molecule has 4 rings (SSSR count).